The molecule has 0 saturated carbocycles. The first-order valence-corrected chi connectivity index (χ1v) is 7.72. The minimum Gasteiger partial charge on any atom is -0.387 e. The van der Waals surface area contributed by atoms with Crippen LogP contribution in [0.5, 0.6) is 0 Å². The van der Waals surface area contributed by atoms with E-state index in [1.807, 2.05) is 0 Å². The summed E-state index contributed by atoms with van der Waals surface area (Å²) in [5.41, 5.74) is 0.730. The van der Waals surface area contributed by atoms with Crippen molar-refractivity contribution in [1.29, 1.82) is 0 Å². The second-order valence-corrected chi connectivity index (χ2v) is 5.97. The van der Waals surface area contributed by atoms with E-state index in [0.29, 0.717) is 12.6 Å². The summed E-state index contributed by atoms with van der Waals surface area (Å²) in [6.45, 7) is 4.18. The highest BCUT2D eigenvalue weighted by molar-refractivity contribution is 5.18. The summed E-state index contributed by atoms with van der Waals surface area (Å²) >= 11 is 0. The number of nitrogens with one attached hydrogen (secondary N) is 1. The van der Waals surface area contributed by atoms with Crippen LogP contribution in [0.2, 0.25) is 0 Å². The standard InChI is InChI=1S/C16H23FN2O2/c17-13-5-3-12(4-6-13)16(20)9-18-8-15-10-19-7-1-2-14(19)11-21-15/h3-6,14-16,18,20H,1-2,7-11H2. The number of aliphatic hydroxyl groups is 1. The molecular formula is C16H23FN2O2. The van der Waals surface area contributed by atoms with Gasteiger partial charge in [0.05, 0.1) is 18.8 Å². The fourth-order valence-corrected chi connectivity index (χ4v) is 3.19. The van der Waals surface area contributed by atoms with Gasteiger partial charge in [-0.05, 0) is 37.1 Å². The molecule has 21 heavy (non-hydrogen) atoms. The number of hydrogen-bond donors (Lipinski definition) is 2. The van der Waals surface area contributed by atoms with Crippen LogP contribution in [-0.4, -0.2) is 54.9 Å². The van der Waals surface area contributed by atoms with Crippen LogP contribution in [0.15, 0.2) is 24.3 Å². The molecule has 116 valence electrons. The number of rotatable bonds is 5. The third-order valence-electron chi connectivity index (χ3n) is 4.43. The maximum Gasteiger partial charge on any atom is 0.123 e. The summed E-state index contributed by atoms with van der Waals surface area (Å²) in [6, 6.07) is 6.60. The van der Waals surface area contributed by atoms with Gasteiger partial charge in [0, 0.05) is 25.7 Å². The van der Waals surface area contributed by atoms with Gasteiger partial charge in [-0.25, -0.2) is 4.39 Å². The monoisotopic (exact) mass is 294 g/mol. The maximum atomic E-state index is 12.8. The molecule has 1 aromatic carbocycles. The molecule has 0 aliphatic carbocycles. The van der Waals surface area contributed by atoms with Crippen LogP contribution in [-0.2, 0) is 4.74 Å². The molecule has 0 amide bonds. The maximum absolute atomic E-state index is 12.8. The summed E-state index contributed by atoms with van der Waals surface area (Å²) < 4.78 is 18.7. The molecule has 4 nitrogen and oxygen atoms in total. The van der Waals surface area contributed by atoms with Crippen molar-refractivity contribution < 1.29 is 14.2 Å². The van der Waals surface area contributed by atoms with E-state index in [0.717, 1.165) is 25.3 Å². The van der Waals surface area contributed by atoms with Crippen LogP contribution in [0.1, 0.15) is 24.5 Å². The third-order valence-corrected chi connectivity index (χ3v) is 4.43. The van der Waals surface area contributed by atoms with Crippen molar-refractivity contribution in [3.63, 3.8) is 0 Å². The number of morpholine rings is 1. The Bertz CT molecular complexity index is 454. The quantitative estimate of drug-likeness (QED) is 0.859. The fraction of sp³-hybridized carbons (Fsp3) is 0.625. The molecule has 2 fully saturated rings. The summed E-state index contributed by atoms with van der Waals surface area (Å²) in [4.78, 5) is 2.51. The Labute approximate surface area is 124 Å². The molecule has 0 bridgehead atoms. The lowest BCUT2D eigenvalue weighted by molar-refractivity contribution is -0.0476. The van der Waals surface area contributed by atoms with Gasteiger partial charge in [-0.3, -0.25) is 4.90 Å². The number of halogens is 1. The summed E-state index contributed by atoms with van der Waals surface area (Å²) in [5, 5.41) is 13.3. The highest BCUT2D eigenvalue weighted by Crippen LogP contribution is 2.22. The second kappa shape index (κ2) is 6.83. The van der Waals surface area contributed by atoms with Crippen LogP contribution in [0.4, 0.5) is 4.39 Å². The molecule has 3 rings (SSSR count). The van der Waals surface area contributed by atoms with Gasteiger partial charge in [0.2, 0.25) is 0 Å². The van der Waals surface area contributed by atoms with Gasteiger partial charge in [-0.2, -0.15) is 0 Å². The molecule has 0 aromatic heterocycles. The highest BCUT2D eigenvalue weighted by Gasteiger charge is 2.31. The van der Waals surface area contributed by atoms with E-state index in [4.69, 9.17) is 4.74 Å². The lowest BCUT2D eigenvalue weighted by Gasteiger charge is -2.35. The van der Waals surface area contributed by atoms with Gasteiger partial charge in [0.25, 0.3) is 0 Å². The first-order valence-electron chi connectivity index (χ1n) is 7.72. The van der Waals surface area contributed by atoms with E-state index < -0.39 is 6.10 Å². The SMILES string of the molecule is OC(CNCC1CN2CCCC2CO1)c1ccc(F)cc1. The topological polar surface area (TPSA) is 44.7 Å². The first kappa shape index (κ1) is 14.9. The lowest BCUT2D eigenvalue weighted by Crippen LogP contribution is -2.49. The van der Waals surface area contributed by atoms with Crippen LogP contribution in [0.25, 0.3) is 0 Å². The van der Waals surface area contributed by atoms with E-state index in [1.165, 1.54) is 31.5 Å². The molecule has 2 saturated heterocycles. The zero-order valence-electron chi connectivity index (χ0n) is 12.2. The Morgan fingerprint density at radius 1 is 1.38 bits per heavy atom. The molecule has 0 spiro atoms. The smallest absolute Gasteiger partial charge is 0.123 e. The molecule has 0 radical (unpaired) electrons. The molecule has 3 unspecified atom stereocenters. The Balaban J connectivity index is 1.40. The molecule has 3 atom stereocenters. The van der Waals surface area contributed by atoms with Crippen molar-refractivity contribution in [3.05, 3.63) is 35.6 Å². The lowest BCUT2D eigenvalue weighted by atomic mass is 10.1. The van der Waals surface area contributed by atoms with E-state index in [-0.39, 0.29) is 11.9 Å². The van der Waals surface area contributed by atoms with E-state index in [2.05, 4.69) is 10.2 Å². The van der Waals surface area contributed by atoms with E-state index in [9.17, 15) is 9.50 Å². The average molecular weight is 294 g/mol. The van der Waals surface area contributed by atoms with Gasteiger partial charge in [-0.1, -0.05) is 12.1 Å². The Morgan fingerprint density at radius 3 is 3.00 bits per heavy atom. The summed E-state index contributed by atoms with van der Waals surface area (Å²) in [7, 11) is 0. The van der Waals surface area contributed by atoms with Crippen LogP contribution >= 0.6 is 0 Å². The summed E-state index contributed by atoms with van der Waals surface area (Å²) in [5.74, 6) is -0.283. The zero-order valence-corrected chi connectivity index (χ0v) is 12.2. The summed E-state index contributed by atoms with van der Waals surface area (Å²) in [6.07, 6.45) is 2.11. The number of nitrogens with zero attached hydrogens (tertiary/aromatic N) is 1. The minimum atomic E-state index is -0.617. The number of benzene rings is 1. The van der Waals surface area contributed by atoms with Crippen LogP contribution in [0, 0.1) is 5.82 Å². The van der Waals surface area contributed by atoms with Gasteiger partial charge < -0.3 is 15.2 Å². The largest absolute Gasteiger partial charge is 0.387 e. The Kier molecular flexibility index (Phi) is 4.85. The van der Waals surface area contributed by atoms with Crippen LogP contribution in [0.3, 0.4) is 0 Å². The molecule has 5 heteroatoms. The molecule has 2 heterocycles. The predicted octanol–water partition coefficient (Wildman–Crippen LogP) is 1.31. The van der Waals surface area contributed by atoms with Crippen LogP contribution < -0.4 is 5.32 Å². The van der Waals surface area contributed by atoms with Crippen molar-refractivity contribution in [1.82, 2.24) is 10.2 Å². The third kappa shape index (κ3) is 3.80. The number of fused-ring (bicyclic) bond motifs is 1. The number of aliphatic hydroxyl groups excluding tert-OH is 1. The average Bonchev–Trinajstić information content (AvgIpc) is 2.95. The predicted molar refractivity (Wildman–Crippen MR) is 78.6 cm³/mol. The van der Waals surface area contributed by atoms with Crippen molar-refractivity contribution in [3.8, 4) is 0 Å². The van der Waals surface area contributed by atoms with Crippen molar-refractivity contribution in [2.45, 2.75) is 31.1 Å². The highest BCUT2D eigenvalue weighted by atomic mass is 19.1. The first-order chi connectivity index (χ1) is 10.2. The molecule has 2 aliphatic heterocycles. The van der Waals surface area contributed by atoms with Gasteiger partial charge in [0.15, 0.2) is 0 Å². The van der Waals surface area contributed by atoms with Gasteiger partial charge in [0.1, 0.15) is 5.82 Å². The normalized spacial score (nSPS) is 27.5. The molecular weight excluding hydrogens is 271 g/mol. The molecule has 2 N–H and O–H groups in total. The Hall–Kier alpha value is -1.01. The molecule has 2 aliphatic rings. The fourth-order valence-electron chi connectivity index (χ4n) is 3.19. The van der Waals surface area contributed by atoms with E-state index >= 15 is 0 Å². The second-order valence-electron chi connectivity index (χ2n) is 5.97. The minimum absolute atomic E-state index is 0.194. The molecule has 1 aromatic rings. The number of hydrogen-bond acceptors (Lipinski definition) is 4. The van der Waals surface area contributed by atoms with Gasteiger partial charge >= 0.3 is 0 Å². The Morgan fingerprint density at radius 2 is 2.19 bits per heavy atom. The van der Waals surface area contributed by atoms with Crippen molar-refractivity contribution in [2.24, 2.45) is 0 Å². The van der Waals surface area contributed by atoms with Crippen molar-refractivity contribution in [2.75, 3.05) is 32.8 Å². The number of ether oxygens (including phenoxy) is 1. The van der Waals surface area contributed by atoms with Crippen molar-refractivity contribution >= 4 is 0 Å². The van der Waals surface area contributed by atoms with E-state index in [1.54, 1.807) is 12.1 Å². The zero-order chi connectivity index (χ0) is 14.7. The van der Waals surface area contributed by atoms with Gasteiger partial charge in [-0.15, -0.1) is 0 Å².